The summed E-state index contributed by atoms with van der Waals surface area (Å²) < 4.78 is 17.8. The van der Waals surface area contributed by atoms with Gasteiger partial charge in [-0.05, 0) is 48.0 Å². The Kier molecular flexibility index (Phi) is 2.56. The van der Waals surface area contributed by atoms with Crippen LogP contribution in [0.1, 0.15) is 10.6 Å². The van der Waals surface area contributed by atoms with Gasteiger partial charge in [0.2, 0.25) is 0 Å². The van der Waals surface area contributed by atoms with E-state index in [0.29, 0.717) is 11.3 Å². The van der Waals surface area contributed by atoms with Crippen LogP contribution in [0.25, 0.3) is 11.3 Å². The van der Waals surface area contributed by atoms with E-state index in [-0.39, 0.29) is 11.6 Å². The fraction of sp³-hybridized carbons (Fsp3) is 0. The maximum absolute atomic E-state index is 12.6. The van der Waals surface area contributed by atoms with Crippen LogP contribution in [0.3, 0.4) is 0 Å². The average molecular weight is 225 g/mol. The average Bonchev–Trinajstić information content (AvgIpc) is 2.68. The van der Waals surface area contributed by atoms with Gasteiger partial charge < -0.3 is 4.42 Å². The van der Waals surface area contributed by atoms with E-state index in [0.717, 1.165) is 0 Å². The number of hydrogen-bond donors (Lipinski definition) is 0. The van der Waals surface area contributed by atoms with Gasteiger partial charge in [-0.25, -0.2) is 4.39 Å². The van der Waals surface area contributed by atoms with Crippen molar-refractivity contribution in [3.63, 3.8) is 0 Å². The molecule has 0 saturated heterocycles. The third-order valence-electron chi connectivity index (χ3n) is 1.93. The summed E-state index contributed by atoms with van der Waals surface area (Å²) in [6, 6.07) is 8.87. The van der Waals surface area contributed by atoms with Crippen molar-refractivity contribution >= 4 is 16.8 Å². The Hall–Kier alpha value is -1.61. The van der Waals surface area contributed by atoms with Gasteiger partial charge in [-0.1, -0.05) is 0 Å². The third-order valence-corrected chi connectivity index (χ3v) is 2.11. The summed E-state index contributed by atoms with van der Waals surface area (Å²) in [5, 5.41) is -0.650. The summed E-state index contributed by atoms with van der Waals surface area (Å²) in [5.74, 6) is 0.244. The van der Waals surface area contributed by atoms with Gasteiger partial charge in [0.25, 0.3) is 5.24 Å². The Morgan fingerprint density at radius 1 is 1.13 bits per heavy atom. The second-order valence-corrected chi connectivity index (χ2v) is 3.29. The van der Waals surface area contributed by atoms with Crippen molar-refractivity contribution in [1.82, 2.24) is 0 Å². The molecule has 0 N–H and O–H groups in total. The second-order valence-electron chi connectivity index (χ2n) is 2.94. The first-order chi connectivity index (χ1) is 7.16. The topological polar surface area (TPSA) is 30.2 Å². The monoisotopic (exact) mass is 224 g/mol. The Bertz CT molecular complexity index is 488. The molecule has 4 heteroatoms. The zero-order chi connectivity index (χ0) is 10.8. The van der Waals surface area contributed by atoms with Crippen LogP contribution in [-0.2, 0) is 0 Å². The number of carbonyl (C=O) groups is 1. The van der Waals surface area contributed by atoms with Crippen LogP contribution in [0.2, 0.25) is 0 Å². The molecule has 0 aliphatic rings. The smallest absolute Gasteiger partial charge is 0.287 e. The highest BCUT2D eigenvalue weighted by molar-refractivity contribution is 6.67. The van der Waals surface area contributed by atoms with Gasteiger partial charge in [0.05, 0.1) is 0 Å². The molecule has 2 rings (SSSR count). The van der Waals surface area contributed by atoms with Crippen molar-refractivity contribution in [3.05, 3.63) is 48.0 Å². The van der Waals surface area contributed by atoms with Gasteiger partial charge >= 0.3 is 0 Å². The molecule has 0 bridgehead atoms. The number of carbonyl (C=O) groups excluding carboxylic acids is 1. The molecule has 2 nitrogen and oxygen atoms in total. The molecule has 1 aromatic carbocycles. The minimum absolute atomic E-state index is 0.0796. The molecule has 0 spiro atoms. The predicted octanol–water partition coefficient (Wildman–Crippen LogP) is 3.46. The molecular formula is C11H6ClFO2. The molecule has 0 saturated carbocycles. The molecule has 76 valence electrons. The summed E-state index contributed by atoms with van der Waals surface area (Å²) in [7, 11) is 0. The maximum atomic E-state index is 12.6. The quantitative estimate of drug-likeness (QED) is 0.732. The lowest BCUT2D eigenvalue weighted by molar-refractivity contribution is 0.105. The molecule has 0 unspecified atom stereocenters. The van der Waals surface area contributed by atoms with Gasteiger partial charge in [-0.3, -0.25) is 4.79 Å². The first-order valence-electron chi connectivity index (χ1n) is 4.22. The fourth-order valence-electron chi connectivity index (χ4n) is 1.21. The van der Waals surface area contributed by atoms with E-state index in [1.54, 1.807) is 18.2 Å². The summed E-state index contributed by atoms with van der Waals surface area (Å²) >= 11 is 5.24. The van der Waals surface area contributed by atoms with Gasteiger partial charge in [0.15, 0.2) is 5.76 Å². The molecule has 0 aliphatic heterocycles. The van der Waals surface area contributed by atoms with Gasteiger partial charge in [0, 0.05) is 5.56 Å². The Labute approximate surface area is 90.3 Å². The molecule has 0 radical (unpaired) electrons. The van der Waals surface area contributed by atoms with Crippen LogP contribution in [-0.4, -0.2) is 5.24 Å². The minimum Gasteiger partial charge on any atom is -0.452 e. The highest BCUT2D eigenvalue weighted by atomic mass is 35.5. The van der Waals surface area contributed by atoms with Crippen LogP contribution < -0.4 is 0 Å². The largest absolute Gasteiger partial charge is 0.452 e. The van der Waals surface area contributed by atoms with E-state index in [1.807, 2.05) is 0 Å². The van der Waals surface area contributed by atoms with Crippen LogP contribution >= 0.6 is 11.6 Å². The van der Waals surface area contributed by atoms with Gasteiger partial charge in [-0.2, -0.15) is 0 Å². The molecule has 2 aromatic rings. The Morgan fingerprint density at radius 2 is 1.80 bits per heavy atom. The van der Waals surface area contributed by atoms with Crippen molar-refractivity contribution in [2.45, 2.75) is 0 Å². The maximum Gasteiger partial charge on any atom is 0.287 e. The molecule has 0 amide bonds. The minimum atomic E-state index is -0.650. The van der Waals surface area contributed by atoms with E-state index in [2.05, 4.69) is 0 Å². The SMILES string of the molecule is O=C(Cl)c1ccc(-c2ccc(F)cc2)o1. The molecule has 0 aliphatic carbocycles. The van der Waals surface area contributed by atoms with Crippen molar-refractivity contribution < 1.29 is 13.6 Å². The summed E-state index contributed by atoms with van der Waals surface area (Å²) in [6.45, 7) is 0. The summed E-state index contributed by atoms with van der Waals surface area (Å²) in [6.07, 6.45) is 0. The number of rotatable bonds is 2. The molecular weight excluding hydrogens is 219 g/mol. The van der Waals surface area contributed by atoms with Crippen molar-refractivity contribution in [2.75, 3.05) is 0 Å². The third kappa shape index (κ3) is 2.07. The second kappa shape index (κ2) is 3.87. The van der Waals surface area contributed by atoms with E-state index in [1.165, 1.54) is 18.2 Å². The molecule has 1 aromatic heterocycles. The van der Waals surface area contributed by atoms with Crippen LogP contribution in [0, 0.1) is 5.82 Å². The van der Waals surface area contributed by atoms with Gasteiger partial charge in [-0.15, -0.1) is 0 Å². The Morgan fingerprint density at radius 3 is 2.33 bits per heavy atom. The van der Waals surface area contributed by atoms with E-state index in [4.69, 9.17) is 16.0 Å². The molecule has 0 fully saturated rings. The first-order valence-corrected chi connectivity index (χ1v) is 4.60. The standard InChI is InChI=1S/C11H6ClFO2/c12-11(14)10-6-5-9(15-10)7-1-3-8(13)4-2-7/h1-6H. The van der Waals surface area contributed by atoms with Crippen molar-refractivity contribution in [2.24, 2.45) is 0 Å². The van der Waals surface area contributed by atoms with E-state index in [9.17, 15) is 9.18 Å². The summed E-state index contributed by atoms with van der Waals surface area (Å²) in [5.41, 5.74) is 0.695. The van der Waals surface area contributed by atoms with Gasteiger partial charge in [0.1, 0.15) is 11.6 Å². The highest BCUT2D eigenvalue weighted by Gasteiger charge is 2.09. The lowest BCUT2D eigenvalue weighted by Gasteiger charge is -1.95. The van der Waals surface area contributed by atoms with Crippen LogP contribution in [0.15, 0.2) is 40.8 Å². The lowest BCUT2D eigenvalue weighted by Crippen LogP contribution is -1.82. The van der Waals surface area contributed by atoms with Crippen molar-refractivity contribution in [1.29, 1.82) is 0 Å². The first kappa shape index (κ1) is 9.93. The van der Waals surface area contributed by atoms with E-state index >= 15 is 0 Å². The molecule has 0 atom stereocenters. The van der Waals surface area contributed by atoms with Crippen LogP contribution in [0.4, 0.5) is 4.39 Å². The van der Waals surface area contributed by atoms with Crippen LogP contribution in [0.5, 0.6) is 0 Å². The zero-order valence-electron chi connectivity index (χ0n) is 7.54. The summed E-state index contributed by atoms with van der Waals surface area (Å²) in [4.78, 5) is 10.8. The zero-order valence-corrected chi connectivity index (χ0v) is 8.29. The molecule has 15 heavy (non-hydrogen) atoms. The number of hydrogen-bond acceptors (Lipinski definition) is 2. The fourth-order valence-corrected chi connectivity index (χ4v) is 1.31. The Balaban J connectivity index is 2.37. The predicted molar refractivity (Wildman–Crippen MR) is 54.3 cm³/mol. The lowest BCUT2D eigenvalue weighted by atomic mass is 10.2. The number of furan rings is 1. The van der Waals surface area contributed by atoms with Crippen molar-refractivity contribution in [3.8, 4) is 11.3 Å². The number of halogens is 2. The number of benzene rings is 1. The molecule has 1 heterocycles. The normalized spacial score (nSPS) is 10.3. The highest BCUT2D eigenvalue weighted by Crippen LogP contribution is 2.22. The van der Waals surface area contributed by atoms with E-state index < -0.39 is 5.24 Å².